The van der Waals surface area contributed by atoms with E-state index >= 15 is 0 Å². The van der Waals surface area contributed by atoms with E-state index in [1.807, 2.05) is 10.8 Å². The van der Waals surface area contributed by atoms with Crippen molar-refractivity contribution in [3.8, 4) is 0 Å². The van der Waals surface area contributed by atoms with E-state index in [0.717, 1.165) is 13.0 Å². The molecule has 1 aromatic rings. The monoisotopic (exact) mass is 265 g/mol. The van der Waals surface area contributed by atoms with E-state index in [-0.39, 0.29) is 5.97 Å². The van der Waals surface area contributed by atoms with Crippen molar-refractivity contribution in [2.75, 3.05) is 26.4 Å². The Kier molecular flexibility index (Phi) is 4.47. The van der Waals surface area contributed by atoms with Crippen molar-refractivity contribution in [1.82, 2.24) is 9.47 Å². The molecule has 0 spiro atoms. The van der Waals surface area contributed by atoms with Gasteiger partial charge in [-0.15, -0.1) is 0 Å². The second-order valence-electron chi connectivity index (χ2n) is 5.26. The number of aromatic nitrogens is 1. The predicted molar refractivity (Wildman–Crippen MR) is 75.1 cm³/mol. The van der Waals surface area contributed by atoms with E-state index in [2.05, 4.69) is 11.9 Å². The van der Waals surface area contributed by atoms with Gasteiger partial charge in [-0.3, -0.25) is 0 Å². The average Bonchev–Trinajstić information content (AvgIpc) is 2.78. The van der Waals surface area contributed by atoms with Crippen molar-refractivity contribution in [2.24, 2.45) is 0 Å². The molecule has 0 saturated carbocycles. The molecule has 1 saturated heterocycles. The number of hydrogen-bond donors (Lipinski definition) is 1. The highest BCUT2D eigenvalue weighted by molar-refractivity contribution is 5.88. The third kappa shape index (κ3) is 3.29. The number of nitrogen functional groups attached to an aromatic ring is 1. The van der Waals surface area contributed by atoms with Crippen LogP contribution in [0.4, 0.5) is 5.69 Å². The smallest absolute Gasteiger partial charge is 0.354 e. The summed E-state index contributed by atoms with van der Waals surface area (Å²) in [6, 6.07) is 2.28. The number of carbonyl (C=O) groups is 1. The molecule has 0 amide bonds. The molecule has 0 radical (unpaired) electrons. The van der Waals surface area contributed by atoms with Crippen LogP contribution in [-0.2, 0) is 11.3 Å². The topological polar surface area (TPSA) is 60.5 Å². The maximum Gasteiger partial charge on any atom is 0.354 e. The molecule has 2 rings (SSSR count). The first kappa shape index (κ1) is 13.9. The molecule has 0 aromatic carbocycles. The summed E-state index contributed by atoms with van der Waals surface area (Å²) in [6.45, 7) is 1.97. The fourth-order valence-corrected chi connectivity index (χ4v) is 2.79. The minimum absolute atomic E-state index is 0.325. The molecule has 1 fully saturated rings. The van der Waals surface area contributed by atoms with Gasteiger partial charge in [0.25, 0.3) is 0 Å². The summed E-state index contributed by atoms with van der Waals surface area (Å²) in [5, 5.41) is 0. The lowest BCUT2D eigenvalue weighted by Gasteiger charge is -2.32. The molecule has 1 aliphatic heterocycles. The minimum atomic E-state index is -0.325. The van der Waals surface area contributed by atoms with E-state index in [1.165, 1.54) is 32.9 Å². The van der Waals surface area contributed by atoms with Crippen LogP contribution in [0.3, 0.4) is 0 Å². The first-order chi connectivity index (χ1) is 9.11. The maximum absolute atomic E-state index is 11.7. The van der Waals surface area contributed by atoms with Crippen LogP contribution in [0.1, 0.15) is 36.2 Å². The summed E-state index contributed by atoms with van der Waals surface area (Å²) in [5.74, 6) is -0.325. The Hall–Kier alpha value is -1.49. The van der Waals surface area contributed by atoms with Crippen molar-refractivity contribution < 1.29 is 9.53 Å². The normalized spacial score (nSPS) is 20.4. The summed E-state index contributed by atoms with van der Waals surface area (Å²) < 4.78 is 6.68. The number of aryl methyl sites for hydroxylation is 1. The molecule has 0 bridgehead atoms. The van der Waals surface area contributed by atoms with Gasteiger partial charge in [-0.2, -0.15) is 0 Å². The van der Waals surface area contributed by atoms with Gasteiger partial charge >= 0.3 is 5.97 Å². The summed E-state index contributed by atoms with van der Waals surface area (Å²) in [4.78, 5) is 14.1. The third-order valence-corrected chi connectivity index (χ3v) is 3.94. The largest absolute Gasteiger partial charge is 0.464 e. The fourth-order valence-electron chi connectivity index (χ4n) is 2.79. The number of hydrogen-bond acceptors (Lipinski definition) is 4. The van der Waals surface area contributed by atoms with E-state index in [0.29, 0.717) is 17.4 Å². The standard InChI is InChI=1S/C14H23N3O2/c1-16-7-4-3-5-12(16)6-8-17-10-11(15)9-13(17)14(18)19-2/h9-10,12H,3-8,15H2,1-2H3. The number of methoxy groups -OCH3 is 1. The Morgan fingerprint density at radius 1 is 1.53 bits per heavy atom. The lowest BCUT2D eigenvalue weighted by molar-refractivity contribution is 0.0587. The van der Waals surface area contributed by atoms with Crippen LogP contribution in [0.25, 0.3) is 0 Å². The Balaban J connectivity index is 2.00. The summed E-state index contributed by atoms with van der Waals surface area (Å²) >= 11 is 0. The van der Waals surface area contributed by atoms with Crippen LogP contribution < -0.4 is 5.73 Å². The van der Waals surface area contributed by atoms with Gasteiger partial charge in [0.05, 0.1) is 12.8 Å². The van der Waals surface area contributed by atoms with Crippen molar-refractivity contribution >= 4 is 11.7 Å². The molecule has 2 heterocycles. The van der Waals surface area contributed by atoms with Crippen molar-refractivity contribution in [3.63, 3.8) is 0 Å². The second-order valence-corrected chi connectivity index (χ2v) is 5.26. The number of piperidine rings is 1. The van der Waals surface area contributed by atoms with E-state index in [1.54, 1.807) is 6.07 Å². The zero-order chi connectivity index (χ0) is 13.8. The highest BCUT2D eigenvalue weighted by atomic mass is 16.5. The molecule has 2 N–H and O–H groups in total. The Morgan fingerprint density at radius 3 is 3.00 bits per heavy atom. The van der Waals surface area contributed by atoms with Crippen LogP contribution in [0.2, 0.25) is 0 Å². The SMILES string of the molecule is COC(=O)c1cc(N)cn1CCC1CCCCN1C. The number of rotatable bonds is 4. The second kappa shape index (κ2) is 6.10. The lowest BCUT2D eigenvalue weighted by atomic mass is 10.0. The van der Waals surface area contributed by atoms with Crippen molar-refractivity contribution in [3.05, 3.63) is 18.0 Å². The van der Waals surface area contributed by atoms with E-state index < -0.39 is 0 Å². The van der Waals surface area contributed by atoms with Gasteiger partial charge < -0.3 is 19.9 Å². The quantitative estimate of drug-likeness (QED) is 0.842. The number of nitrogens with zero attached hydrogens (tertiary/aromatic N) is 2. The predicted octanol–water partition coefficient (Wildman–Crippen LogP) is 1.73. The first-order valence-corrected chi connectivity index (χ1v) is 6.86. The van der Waals surface area contributed by atoms with Gasteiger partial charge in [-0.25, -0.2) is 4.79 Å². The van der Waals surface area contributed by atoms with Gasteiger partial charge in [0.2, 0.25) is 0 Å². The van der Waals surface area contributed by atoms with Crippen molar-refractivity contribution in [1.29, 1.82) is 0 Å². The van der Waals surface area contributed by atoms with E-state index in [9.17, 15) is 4.79 Å². The van der Waals surface area contributed by atoms with Crippen LogP contribution in [0, 0.1) is 0 Å². The van der Waals surface area contributed by atoms with Crippen LogP contribution in [-0.4, -0.2) is 42.2 Å². The van der Waals surface area contributed by atoms with Crippen molar-refractivity contribution in [2.45, 2.75) is 38.3 Å². The lowest BCUT2D eigenvalue weighted by Crippen LogP contribution is -2.36. The molecule has 106 valence electrons. The number of esters is 1. The third-order valence-electron chi connectivity index (χ3n) is 3.94. The zero-order valence-electron chi connectivity index (χ0n) is 11.8. The molecule has 1 unspecified atom stereocenters. The number of anilines is 1. The molecular formula is C14H23N3O2. The summed E-state index contributed by atoms with van der Waals surface area (Å²) in [6.07, 6.45) is 6.67. The minimum Gasteiger partial charge on any atom is -0.464 e. The molecule has 5 heteroatoms. The zero-order valence-corrected chi connectivity index (χ0v) is 11.8. The maximum atomic E-state index is 11.7. The van der Waals surface area contributed by atoms with Gasteiger partial charge in [-0.1, -0.05) is 6.42 Å². The van der Waals surface area contributed by atoms with Crippen LogP contribution >= 0.6 is 0 Å². The number of ether oxygens (including phenoxy) is 1. The molecule has 1 aromatic heterocycles. The molecule has 5 nitrogen and oxygen atoms in total. The Morgan fingerprint density at radius 2 is 2.32 bits per heavy atom. The molecular weight excluding hydrogens is 242 g/mol. The number of carbonyl (C=O) groups excluding carboxylic acids is 1. The highest BCUT2D eigenvalue weighted by Gasteiger charge is 2.20. The van der Waals surface area contributed by atoms with E-state index in [4.69, 9.17) is 10.5 Å². The summed E-state index contributed by atoms with van der Waals surface area (Å²) in [7, 11) is 3.57. The van der Waals surface area contributed by atoms with Gasteiger partial charge in [0, 0.05) is 18.8 Å². The fraction of sp³-hybridized carbons (Fsp3) is 0.643. The average molecular weight is 265 g/mol. The van der Waals surface area contributed by atoms with Gasteiger partial charge in [0.15, 0.2) is 0 Å². The van der Waals surface area contributed by atoms with Crippen LogP contribution in [0.5, 0.6) is 0 Å². The molecule has 19 heavy (non-hydrogen) atoms. The first-order valence-electron chi connectivity index (χ1n) is 6.86. The molecule has 1 aliphatic rings. The van der Waals surface area contributed by atoms with Gasteiger partial charge in [0.1, 0.15) is 5.69 Å². The molecule has 0 aliphatic carbocycles. The van der Waals surface area contributed by atoms with Gasteiger partial charge in [-0.05, 0) is 38.9 Å². The summed E-state index contributed by atoms with van der Waals surface area (Å²) in [5.41, 5.74) is 6.92. The van der Waals surface area contributed by atoms with Crippen LogP contribution in [0.15, 0.2) is 12.3 Å². The highest BCUT2D eigenvalue weighted by Crippen LogP contribution is 2.20. The number of likely N-dealkylation sites (tertiary alicyclic amines) is 1. The molecule has 1 atom stereocenters. The Bertz CT molecular complexity index is 442. The Labute approximate surface area is 114 Å². The number of nitrogens with two attached hydrogens (primary N) is 1.